The molecule has 32 heavy (non-hydrogen) atoms. The zero-order chi connectivity index (χ0) is 22.8. The summed E-state index contributed by atoms with van der Waals surface area (Å²) in [5, 5.41) is 3.79. The summed E-state index contributed by atoms with van der Waals surface area (Å²) in [5.41, 5.74) is 1.30. The molecule has 0 radical (unpaired) electrons. The standard InChI is InChI=1S/C23H27ClFN5O2/c1-4-32-23(31)18-13-5-7-14(8-6-13)19(18)29-22-17(25)11-28-21(30-22)16-10-27-20(26-3)15(16)9-12(2)24/h9-11,13-14,18-19,27H,3-8H2,1-2H3,(H,28,29,30)/b12-9+/t13?,14?,18-,19-/m0/s1. The van der Waals surface area contributed by atoms with Crippen LogP contribution in [0.25, 0.3) is 17.5 Å². The lowest BCUT2D eigenvalue weighted by atomic mass is 9.61. The summed E-state index contributed by atoms with van der Waals surface area (Å²) in [5.74, 6) is 0.346. The van der Waals surface area contributed by atoms with Crippen molar-refractivity contribution in [2.75, 3.05) is 11.9 Å². The summed E-state index contributed by atoms with van der Waals surface area (Å²) in [4.78, 5) is 28.4. The van der Waals surface area contributed by atoms with E-state index in [2.05, 4.69) is 32.0 Å². The minimum Gasteiger partial charge on any atom is -0.466 e. The first-order chi connectivity index (χ1) is 15.4. The number of aromatic amines is 1. The molecule has 3 saturated carbocycles. The molecule has 3 aliphatic carbocycles. The van der Waals surface area contributed by atoms with Crippen LogP contribution in [-0.4, -0.2) is 40.3 Å². The zero-order valence-corrected chi connectivity index (χ0v) is 19.0. The zero-order valence-electron chi connectivity index (χ0n) is 18.2. The predicted octanol–water partition coefficient (Wildman–Crippen LogP) is 5.32. The Morgan fingerprint density at radius 3 is 2.78 bits per heavy atom. The van der Waals surface area contributed by atoms with E-state index >= 15 is 0 Å². The van der Waals surface area contributed by atoms with Crippen LogP contribution in [0, 0.1) is 23.6 Å². The molecule has 2 atom stereocenters. The number of halogens is 2. The van der Waals surface area contributed by atoms with Crippen molar-refractivity contribution in [3.05, 3.63) is 28.8 Å². The van der Waals surface area contributed by atoms with E-state index in [9.17, 15) is 9.18 Å². The van der Waals surface area contributed by atoms with Crippen molar-refractivity contribution in [3.63, 3.8) is 0 Å². The fourth-order valence-corrected chi connectivity index (χ4v) is 5.18. The second-order valence-electron chi connectivity index (χ2n) is 8.37. The van der Waals surface area contributed by atoms with E-state index in [1.807, 2.05) is 0 Å². The number of fused-ring (bicyclic) bond motifs is 3. The molecule has 3 fully saturated rings. The predicted molar refractivity (Wildman–Crippen MR) is 123 cm³/mol. The first-order valence-corrected chi connectivity index (χ1v) is 11.3. The number of nitrogens with zero attached hydrogens (tertiary/aromatic N) is 3. The second kappa shape index (κ2) is 9.40. The largest absolute Gasteiger partial charge is 0.466 e. The van der Waals surface area contributed by atoms with Gasteiger partial charge in [0.2, 0.25) is 0 Å². The fourth-order valence-electron chi connectivity index (χ4n) is 5.08. The van der Waals surface area contributed by atoms with Gasteiger partial charge in [0.1, 0.15) is 5.82 Å². The number of nitrogens with one attached hydrogen (secondary N) is 2. The molecule has 2 bridgehead atoms. The lowest BCUT2D eigenvalue weighted by Gasteiger charge is -2.47. The highest BCUT2D eigenvalue weighted by Gasteiger charge is 2.48. The SMILES string of the molecule is C=Nc1[nH]cc(-c2ncc(F)c(N[C@H]3C4CCC(CC4)[C@@H]3C(=O)OCC)n2)c1/C=C(\C)Cl. The summed E-state index contributed by atoms with van der Waals surface area (Å²) < 4.78 is 20.1. The molecule has 2 aromatic rings. The number of ether oxygens (including phenoxy) is 1. The number of aliphatic imine (C=N–C) groups is 1. The van der Waals surface area contributed by atoms with Gasteiger partial charge in [-0.1, -0.05) is 11.6 Å². The van der Waals surface area contributed by atoms with Gasteiger partial charge in [-0.25, -0.2) is 19.4 Å². The lowest BCUT2D eigenvalue weighted by Crippen LogP contribution is -2.52. The molecule has 9 heteroatoms. The van der Waals surface area contributed by atoms with Gasteiger partial charge in [0.05, 0.1) is 18.7 Å². The van der Waals surface area contributed by atoms with E-state index in [1.54, 1.807) is 26.1 Å². The van der Waals surface area contributed by atoms with E-state index in [0.29, 0.717) is 34.4 Å². The van der Waals surface area contributed by atoms with Gasteiger partial charge < -0.3 is 15.0 Å². The number of esters is 1. The Labute approximate surface area is 191 Å². The van der Waals surface area contributed by atoms with Crippen molar-refractivity contribution in [2.24, 2.45) is 22.7 Å². The maximum absolute atomic E-state index is 14.8. The van der Waals surface area contributed by atoms with Crippen LogP contribution in [0.5, 0.6) is 0 Å². The molecule has 2 aromatic heterocycles. The molecule has 0 aliphatic heterocycles. The first kappa shape index (κ1) is 22.5. The highest BCUT2D eigenvalue weighted by Crippen LogP contribution is 2.47. The lowest BCUT2D eigenvalue weighted by molar-refractivity contribution is -0.154. The van der Waals surface area contributed by atoms with Crippen LogP contribution in [-0.2, 0) is 9.53 Å². The van der Waals surface area contributed by atoms with Crippen LogP contribution in [0.2, 0.25) is 0 Å². The molecule has 0 spiro atoms. The van der Waals surface area contributed by atoms with Crippen LogP contribution >= 0.6 is 11.6 Å². The van der Waals surface area contributed by atoms with Crippen molar-refractivity contribution in [2.45, 2.75) is 45.6 Å². The van der Waals surface area contributed by atoms with E-state index < -0.39 is 5.82 Å². The molecular formula is C23H27ClFN5O2. The van der Waals surface area contributed by atoms with Crippen molar-refractivity contribution >= 4 is 42.0 Å². The van der Waals surface area contributed by atoms with Gasteiger partial charge in [-0.2, -0.15) is 0 Å². The molecule has 0 unspecified atom stereocenters. The number of carbonyl (C=O) groups is 1. The Hall–Kier alpha value is -2.74. The Kier molecular flexibility index (Phi) is 6.60. The van der Waals surface area contributed by atoms with Crippen molar-refractivity contribution in [3.8, 4) is 11.4 Å². The van der Waals surface area contributed by atoms with Crippen LogP contribution in [0.15, 0.2) is 22.4 Å². The summed E-state index contributed by atoms with van der Waals surface area (Å²) in [6, 6.07) is -0.222. The number of hydrogen-bond acceptors (Lipinski definition) is 6. The minimum absolute atomic E-state index is 0.0775. The normalized spacial score (nSPS) is 24.9. The van der Waals surface area contributed by atoms with Crippen molar-refractivity contribution in [1.82, 2.24) is 15.0 Å². The van der Waals surface area contributed by atoms with Gasteiger partial charge in [-0.05, 0) is 64.2 Å². The third-order valence-corrected chi connectivity index (χ3v) is 6.58. The first-order valence-electron chi connectivity index (χ1n) is 10.9. The summed E-state index contributed by atoms with van der Waals surface area (Å²) in [6.45, 7) is 7.44. The third kappa shape index (κ3) is 4.28. The Morgan fingerprint density at radius 2 is 2.12 bits per heavy atom. The average molecular weight is 460 g/mol. The number of rotatable bonds is 7. The van der Waals surface area contributed by atoms with Crippen LogP contribution in [0.3, 0.4) is 0 Å². The number of allylic oxidation sites excluding steroid dienone is 1. The minimum atomic E-state index is -0.568. The third-order valence-electron chi connectivity index (χ3n) is 6.47. The molecule has 5 rings (SSSR count). The van der Waals surface area contributed by atoms with E-state index in [-0.39, 0.29) is 35.6 Å². The molecule has 0 amide bonds. The topological polar surface area (TPSA) is 92.3 Å². The van der Waals surface area contributed by atoms with Crippen molar-refractivity contribution < 1.29 is 13.9 Å². The molecule has 2 heterocycles. The van der Waals surface area contributed by atoms with Crippen LogP contribution in [0.1, 0.15) is 45.1 Å². The fraction of sp³-hybridized carbons (Fsp3) is 0.478. The van der Waals surface area contributed by atoms with Gasteiger partial charge in [0.25, 0.3) is 0 Å². The van der Waals surface area contributed by atoms with Gasteiger partial charge in [0.15, 0.2) is 17.5 Å². The number of aromatic nitrogens is 3. The quantitative estimate of drug-likeness (QED) is 0.431. The number of carbonyl (C=O) groups excluding carboxylic acids is 1. The maximum Gasteiger partial charge on any atom is 0.311 e. The van der Waals surface area contributed by atoms with Gasteiger partial charge >= 0.3 is 5.97 Å². The molecule has 0 saturated heterocycles. The number of hydrogen-bond donors (Lipinski definition) is 2. The second-order valence-corrected chi connectivity index (χ2v) is 8.96. The molecular weight excluding hydrogens is 433 g/mol. The Bertz CT molecular complexity index is 1040. The number of H-pyrrole nitrogens is 1. The summed E-state index contributed by atoms with van der Waals surface area (Å²) >= 11 is 6.08. The highest BCUT2D eigenvalue weighted by atomic mass is 35.5. The Morgan fingerprint density at radius 1 is 1.41 bits per heavy atom. The van der Waals surface area contributed by atoms with Crippen molar-refractivity contribution in [1.29, 1.82) is 0 Å². The van der Waals surface area contributed by atoms with Crippen LogP contribution in [0.4, 0.5) is 16.0 Å². The van der Waals surface area contributed by atoms with Gasteiger partial charge in [0, 0.05) is 28.4 Å². The summed E-state index contributed by atoms with van der Waals surface area (Å²) in [6.07, 6.45) is 8.57. The Balaban J connectivity index is 1.68. The molecule has 170 valence electrons. The molecule has 0 aromatic carbocycles. The van der Waals surface area contributed by atoms with E-state index in [0.717, 1.165) is 31.9 Å². The van der Waals surface area contributed by atoms with Gasteiger partial charge in [-0.3, -0.25) is 4.79 Å². The van der Waals surface area contributed by atoms with Gasteiger partial charge in [-0.15, -0.1) is 0 Å². The molecule has 3 aliphatic rings. The number of anilines is 1. The molecule has 2 N–H and O–H groups in total. The average Bonchev–Trinajstić information content (AvgIpc) is 3.18. The highest BCUT2D eigenvalue weighted by molar-refractivity contribution is 6.31. The monoisotopic (exact) mass is 459 g/mol. The maximum atomic E-state index is 14.8. The van der Waals surface area contributed by atoms with E-state index in [4.69, 9.17) is 16.3 Å². The van der Waals surface area contributed by atoms with Crippen LogP contribution < -0.4 is 5.32 Å². The summed E-state index contributed by atoms with van der Waals surface area (Å²) in [7, 11) is 0. The smallest absolute Gasteiger partial charge is 0.311 e. The van der Waals surface area contributed by atoms with E-state index in [1.165, 1.54) is 0 Å². The molecule has 7 nitrogen and oxygen atoms in total.